The minimum Gasteiger partial charge on any atom is -0.493 e. The highest BCUT2D eigenvalue weighted by Gasteiger charge is 2.57. The van der Waals surface area contributed by atoms with Crippen molar-refractivity contribution in [3.8, 4) is 123 Å². The largest absolute Gasteiger partial charge is 0.493 e. The lowest BCUT2D eigenvalue weighted by molar-refractivity contribution is 0.354. The minimum atomic E-state index is -0.502. The van der Waals surface area contributed by atoms with E-state index < -0.39 is 16.2 Å². The second-order valence-corrected chi connectivity index (χ2v) is 37.7. The molecule has 3 atom stereocenters. The molecule has 0 aliphatic heterocycles. The quantitative estimate of drug-likeness (QED) is 0.120. The standard InChI is InChI=1S/C46H43NO2.C37H33NO2.C36H32O2S/c1-26-10-15-35-38-24-44(48-8)45(49-9)25-42(38)46(39(35)18-26)40-22-30(5)29(4)21-37(40)36-16-14-34(23-41(36)46)47(7)43-17-13-33(20-31(43)6)32-12-11-27(2)28(3)19-32;1-22-12-14-27-30-20-35(39-5)36(40-6)21-34(30)37(31(27)16-22)32-18-24(3)23(2)17-29(32)28-15-13-26(19-33(28)37)38(4)25-10-8-7-9-11-25;1-19-8-10-25-28-17-33(37-6)34(38-7)18-32(28)36(29(25)12-19)30-14-21(3)20(2)13-27(30)26-11-9-24(16-31(26)36)35-15-22(4)23(5)39-35/h10-25H,1-9H3;7-21H,1-6H3;8-18H,1-7H3. The van der Waals surface area contributed by atoms with E-state index in [1.165, 1.54) is 238 Å². The van der Waals surface area contributed by atoms with E-state index in [0.29, 0.717) is 0 Å². The molecule has 636 valence electrons. The zero-order chi connectivity index (χ0) is 89.3. The molecule has 0 bridgehead atoms. The van der Waals surface area contributed by atoms with E-state index in [1.54, 1.807) is 42.7 Å². The maximum atomic E-state index is 5.96. The van der Waals surface area contributed by atoms with E-state index in [-0.39, 0.29) is 0 Å². The fourth-order valence-electron chi connectivity index (χ4n) is 22.1. The maximum Gasteiger partial charge on any atom is 0.161 e. The van der Waals surface area contributed by atoms with Crippen LogP contribution in [0, 0.1) is 96.9 Å². The Balaban J connectivity index is 0.000000122. The smallest absolute Gasteiger partial charge is 0.161 e. The molecule has 0 amide bonds. The molecular formula is C119H108N2O6S. The summed E-state index contributed by atoms with van der Waals surface area (Å²) in [4.78, 5) is 7.31. The molecule has 0 radical (unpaired) electrons. The molecule has 16 aromatic rings. The van der Waals surface area contributed by atoms with Crippen LogP contribution in [0.5, 0.6) is 34.5 Å². The average Bonchev–Trinajstić information content (AvgIpc) is 1.51. The number of hydrogen-bond donors (Lipinski definition) is 0. The predicted octanol–water partition coefficient (Wildman–Crippen LogP) is 29.4. The van der Waals surface area contributed by atoms with Crippen LogP contribution in [0.2, 0.25) is 0 Å². The summed E-state index contributed by atoms with van der Waals surface area (Å²) in [6.07, 6.45) is 0. The molecule has 0 N–H and O–H groups in total. The molecule has 6 aliphatic carbocycles. The minimum absolute atomic E-state index is 0.434. The van der Waals surface area contributed by atoms with Gasteiger partial charge in [-0.2, -0.15) is 0 Å². The lowest BCUT2D eigenvalue weighted by atomic mass is 9.69. The lowest BCUT2D eigenvalue weighted by Crippen LogP contribution is -2.26. The highest BCUT2D eigenvalue weighted by atomic mass is 32.1. The first kappa shape index (κ1) is 82.7. The zero-order valence-corrected chi connectivity index (χ0v) is 78.3. The fourth-order valence-corrected chi connectivity index (χ4v) is 23.1. The van der Waals surface area contributed by atoms with E-state index in [4.69, 9.17) is 28.4 Å². The van der Waals surface area contributed by atoms with Crippen molar-refractivity contribution in [2.75, 3.05) is 66.6 Å². The van der Waals surface area contributed by atoms with Gasteiger partial charge in [0.1, 0.15) is 0 Å². The summed E-state index contributed by atoms with van der Waals surface area (Å²) < 4.78 is 35.2. The van der Waals surface area contributed by atoms with Gasteiger partial charge < -0.3 is 38.2 Å². The van der Waals surface area contributed by atoms with Gasteiger partial charge in [-0.3, -0.25) is 0 Å². The van der Waals surface area contributed by atoms with Crippen molar-refractivity contribution in [2.45, 2.75) is 113 Å². The number of anilines is 4. The number of ether oxygens (including phenoxy) is 6. The Kier molecular flexibility index (Phi) is 19.9. The third-order valence-electron chi connectivity index (χ3n) is 29.4. The summed E-state index contributed by atoms with van der Waals surface area (Å²) in [6.45, 7) is 30.9. The van der Waals surface area contributed by atoms with Crippen LogP contribution < -0.4 is 38.2 Å². The first-order chi connectivity index (χ1) is 61.7. The Bertz CT molecular complexity index is 7370. The van der Waals surface area contributed by atoms with Gasteiger partial charge in [0.25, 0.3) is 0 Å². The Labute approximate surface area is 758 Å². The lowest BCUT2D eigenvalue weighted by Gasteiger charge is -2.32. The van der Waals surface area contributed by atoms with Gasteiger partial charge in [0.2, 0.25) is 0 Å². The van der Waals surface area contributed by atoms with Crippen LogP contribution >= 0.6 is 11.3 Å². The molecular weight excluding hydrogens is 1590 g/mol. The van der Waals surface area contributed by atoms with Gasteiger partial charge in [-0.05, 0) is 400 Å². The third kappa shape index (κ3) is 12.2. The second kappa shape index (κ2) is 30.9. The predicted molar refractivity (Wildman–Crippen MR) is 532 cm³/mol. The van der Waals surface area contributed by atoms with Crippen LogP contribution in [0.1, 0.15) is 144 Å². The number of fused-ring (bicyclic) bond motifs is 30. The van der Waals surface area contributed by atoms with Gasteiger partial charge in [-0.1, -0.05) is 174 Å². The van der Waals surface area contributed by atoms with Crippen LogP contribution in [0.3, 0.4) is 0 Å². The van der Waals surface area contributed by atoms with Gasteiger partial charge in [-0.15, -0.1) is 11.3 Å². The molecule has 128 heavy (non-hydrogen) atoms. The van der Waals surface area contributed by atoms with Gasteiger partial charge >= 0.3 is 0 Å². The third-order valence-corrected chi connectivity index (χ3v) is 30.6. The summed E-state index contributed by atoms with van der Waals surface area (Å²) in [6, 6.07) is 96.0. The highest BCUT2D eigenvalue weighted by Crippen LogP contribution is 2.69. The molecule has 8 nitrogen and oxygen atoms in total. The summed E-state index contributed by atoms with van der Waals surface area (Å²) in [5.41, 5.74) is 54.8. The van der Waals surface area contributed by atoms with Crippen molar-refractivity contribution < 1.29 is 28.4 Å². The highest BCUT2D eigenvalue weighted by molar-refractivity contribution is 7.15. The number of thiophene rings is 1. The van der Waals surface area contributed by atoms with E-state index in [2.05, 4.69) is 376 Å². The van der Waals surface area contributed by atoms with Gasteiger partial charge in [0, 0.05) is 46.6 Å². The average molecular weight is 1690 g/mol. The Morgan fingerprint density at radius 2 is 0.516 bits per heavy atom. The summed E-state index contributed by atoms with van der Waals surface area (Å²) in [7, 11) is 14.7. The first-order valence-corrected chi connectivity index (χ1v) is 45.3. The van der Waals surface area contributed by atoms with E-state index in [0.717, 1.165) is 51.6 Å². The zero-order valence-electron chi connectivity index (χ0n) is 77.5. The molecule has 22 rings (SSSR count). The normalized spacial score (nSPS) is 15.7. The molecule has 0 saturated heterocycles. The number of methoxy groups -OCH3 is 6. The SMILES string of the molecule is COc1cc2c(cc1OC)C1(c3cc(C)ccc3-2)c2cc(-c3cc(C)c(C)s3)ccc2-c2cc(C)c(C)cc21.COc1cc2c(cc1OC)C1(c3cc(C)ccc3-2)c2cc(N(C)c3ccc(-c4ccc(C)c(C)c4)cc3C)ccc2-c2cc(C)c(C)cc21.COc1cc2c(cc1OC)C1(c3cc(C)ccc3-2)c2cc(N(C)c3ccccc3)ccc2-c2cc(C)c(C)cc21. The van der Waals surface area contributed by atoms with Crippen LogP contribution in [-0.4, -0.2) is 56.8 Å². The Morgan fingerprint density at radius 3 is 0.891 bits per heavy atom. The maximum absolute atomic E-state index is 5.96. The molecule has 3 unspecified atom stereocenters. The van der Waals surface area contributed by atoms with E-state index >= 15 is 0 Å². The monoisotopic (exact) mass is 1690 g/mol. The van der Waals surface area contributed by atoms with Crippen molar-refractivity contribution in [2.24, 2.45) is 0 Å². The Hall–Kier alpha value is -13.6. The van der Waals surface area contributed by atoms with Crippen molar-refractivity contribution >= 4 is 34.1 Å². The van der Waals surface area contributed by atoms with Crippen LogP contribution in [0.4, 0.5) is 22.7 Å². The Morgan fingerprint density at radius 1 is 0.211 bits per heavy atom. The topological polar surface area (TPSA) is 61.9 Å². The second-order valence-electron chi connectivity index (χ2n) is 36.4. The number of aryl methyl sites for hydroxylation is 14. The number of nitrogens with zero attached hydrogens (tertiary/aromatic N) is 2. The van der Waals surface area contributed by atoms with Crippen LogP contribution in [0.15, 0.2) is 255 Å². The molecule has 0 saturated carbocycles. The molecule has 9 heteroatoms. The molecule has 1 aromatic heterocycles. The first-order valence-electron chi connectivity index (χ1n) is 44.4. The number of hydrogen-bond acceptors (Lipinski definition) is 9. The number of para-hydroxylation sites is 1. The molecule has 15 aromatic carbocycles. The van der Waals surface area contributed by atoms with Gasteiger partial charge in [-0.25, -0.2) is 0 Å². The van der Waals surface area contributed by atoms with Crippen LogP contribution in [-0.2, 0) is 16.2 Å². The fraction of sp³-hybridized carbons (Fsp3) is 0.210. The van der Waals surface area contributed by atoms with Gasteiger partial charge in [0.05, 0.1) is 58.9 Å². The number of rotatable bonds is 12. The van der Waals surface area contributed by atoms with E-state index in [1.807, 2.05) is 11.3 Å². The van der Waals surface area contributed by atoms with E-state index in [9.17, 15) is 0 Å². The summed E-state index contributed by atoms with van der Waals surface area (Å²) in [5.74, 6) is 4.52. The number of benzene rings is 15. The summed E-state index contributed by atoms with van der Waals surface area (Å²) >= 11 is 1.88. The summed E-state index contributed by atoms with van der Waals surface area (Å²) in [5, 5.41) is 0. The van der Waals surface area contributed by atoms with Crippen molar-refractivity contribution in [3.05, 3.63) is 399 Å². The van der Waals surface area contributed by atoms with Gasteiger partial charge in [0.15, 0.2) is 34.5 Å². The van der Waals surface area contributed by atoms with Crippen LogP contribution in [0.25, 0.3) is 88.3 Å². The molecule has 0 fully saturated rings. The van der Waals surface area contributed by atoms with Crippen molar-refractivity contribution in [1.29, 1.82) is 0 Å². The molecule has 1 heterocycles. The molecule has 6 aliphatic rings. The van der Waals surface area contributed by atoms with Crippen molar-refractivity contribution in [3.63, 3.8) is 0 Å². The molecule has 3 spiro atoms. The van der Waals surface area contributed by atoms with Crippen molar-refractivity contribution in [1.82, 2.24) is 0 Å².